The van der Waals surface area contributed by atoms with Gasteiger partial charge in [-0.2, -0.15) is 0 Å². The normalized spacial score (nSPS) is 11.4. The molecule has 13 nitrogen and oxygen atoms in total. The summed E-state index contributed by atoms with van der Waals surface area (Å²) in [5, 5.41) is 5.42. The van der Waals surface area contributed by atoms with Crippen molar-refractivity contribution in [2.75, 3.05) is 32.5 Å². The molecule has 0 saturated carbocycles. The fourth-order valence-corrected chi connectivity index (χ4v) is 3.16. The summed E-state index contributed by atoms with van der Waals surface area (Å²) in [6.07, 6.45) is 0.751. The second-order valence-electron chi connectivity index (χ2n) is 10.5. The maximum Gasteiger partial charge on any atom is 0.410 e. The van der Waals surface area contributed by atoms with E-state index < -0.39 is 29.3 Å². The van der Waals surface area contributed by atoms with Crippen LogP contribution in [0.2, 0.25) is 0 Å². The number of ether oxygens (including phenoxy) is 3. The molecule has 2 heterocycles. The van der Waals surface area contributed by atoms with Crippen LogP contribution in [0.15, 0.2) is 18.5 Å². The lowest BCUT2D eigenvalue weighted by Gasteiger charge is -2.27. The Morgan fingerprint density at radius 1 is 1.03 bits per heavy atom. The topological polar surface area (TPSA) is 174 Å². The number of methoxy groups -OCH3 is 1. The number of carbonyl (C=O) groups is 3. The maximum atomic E-state index is 12.9. The first-order valence-corrected chi connectivity index (χ1v) is 12.2. The Morgan fingerprint density at radius 3 is 2.29 bits per heavy atom. The average Bonchev–Trinajstić information content (AvgIpc) is 3.20. The molecule has 0 aliphatic carbocycles. The molecule has 210 valence electrons. The third-order valence-electron chi connectivity index (χ3n) is 4.79. The average molecular weight is 534 g/mol. The Morgan fingerprint density at radius 2 is 1.71 bits per heavy atom. The van der Waals surface area contributed by atoms with Crippen LogP contribution in [0.5, 0.6) is 5.75 Å². The Hall–Kier alpha value is -4.03. The molecule has 38 heavy (non-hydrogen) atoms. The van der Waals surface area contributed by atoms with Gasteiger partial charge in [0.05, 0.1) is 31.4 Å². The lowest BCUT2D eigenvalue weighted by atomic mass is 10.2. The first kappa shape index (κ1) is 30.2. The van der Waals surface area contributed by atoms with Crippen molar-refractivity contribution in [3.05, 3.63) is 35.5 Å². The number of carbonyl (C=O) groups excluding carboxylic acids is 3. The number of H-pyrrole nitrogens is 1. The number of anilines is 1. The number of alkyl carbamates (subject to hydrolysis) is 1. The summed E-state index contributed by atoms with van der Waals surface area (Å²) in [4.78, 5) is 50.4. The number of hydrogen-bond donors (Lipinski definition) is 4. The second kappa shape index (κ2) is 13.0. The van der Waals surface area contributed by atoms with Crippen LogP contribution < -0.4 is 21.1 Å². The zero-order valence-corrected chi connectivity index (χ0v) is 23.1. The summed E-state index contributed by atoms with van der Waals surface area (Å²) in [6, 6.07) is 3.13. The highest BCUT2D eigenvalue weighted by Crippen LogP contribution is 2.17. The first-order chi connectivity index (χ1) is 17.7. The summed E-state index contributed by atoms with van der Waals surface area (Å²) >= 11 is 0. The molecule has 0 aliphatic rings. The highest BCUT2D eigenvalue weighted by Gasteiger charge is 2.24. The molecule has 0 fully saturated rings. The SMILES string of the molecule is COc1cc(CN(CCNC(=O)OC(C)(C)C)C(=O)OC(C)(C)C)nc(C(=O)NCCc2[nH]cnc2N)c1. The molecule has 13 heteroatoms. The second-order valence-corrected chi connectivity index (χ2v) is 10.5. The third-order valence-corrected chi connectivity index (χ3v) is 4.79. The van der Waals surface area contributed by atoms with Gasteiger partial charge in [0.2, 0.25) is 0 Å². The minimum absolute atomic E-state index is 0.00701. The van der Waals surface area contributed by atoms with Gasteiger partial charge in [-0.05, 0) is 41.5 Å². The molecule has 0 unspecified atom stereocenters. The van der Waals surface area contributed by atoms with Crippen LogP contribution >= 0.6 is 0 Å². The van der Waals surface area contributed by atoms with Crippen LogP contribution in [0, 0.1) is 0 Å². The van der Waals surface area contributed by atoms with Crippen molar-refractivity contribution < 1.29 is 28.6 Å². The van der Waals surface area contributed by atoms with Crippen molar-refractivity contribution in [1.29, 1.82) is 0 Å². The van der Waals surface area contributed by atoms with E-state index in [0.717, 1.165) is 5.69 Å². The number of nitrogens with two attached hydrogens (primary N) is 1. The molecule has 2 aromatic rings. The summed E-state index contributed by atoms with van der Waals surface area (Å²) in [5.41, 5.74) is 5.61. The molecule has 0 radical (unpaired) electrons. The monoisotopic (exact) mass is 533 g/mol. The molecule has 0 saturated heterocycles. The van der Waals surface area contributed by atoms with Gasteiger partial charge >= 0.3 is 12.2 Å². The summed E-state index contributed by atoms with van der Waals surface area (Å²) in [7, 11) is 1.47. The van der Waals surface area contributed by atoms with E-state index >= 15 is 0 Å². The number of hydrogen-bond acceptors (Lipinski definition) is 9. The number of imidazole rings is 1. The Kier molecular flexibility index (Phi) is 10.3. The van der Waals surface area contributed by atoms with Crippen molar-refractivity contribution in [2.45, 2.75) is 65.7 Å². The van der Waals surface area contributed by atoms with Crippen LogP contribution in [0.3, 0.4) is 0 Å². The van der Waals surface area contributed by atoms with Gasteiger partial charge in [-0.3, -0.25) is 4.79 Å². The van der Waals surface area contributed by atoms with E-state index in [1.165, 1.54) is 24.4 Å². The van der Waals surface area contributed by atoms with Gasteiger partial charge in [0, 0.05) is 38.2 Å². The van der Waals surface area contributed by atoms with Gasteiger partial charge in [0.1, 0.15) is 28.5 Å². The number of amides is 3. The minimum atomic E-state index is -0.737. The van der Waals surface area contributed by atoms with Crippen molar-refractivity contribution in [2.24, 2.45) is 0 Å². The number of nitrogens with zero attached hydrogens (tertiary/aromatic N) is 3. The number of nitrogen functional groups attached to an aromatic ring is 1. The largest absolute Gasteiger partial charge is 0.497 e. The van der Waals surface area contributed by atoms with Crippen LogP contribution in [0.1, 0.15) is 63.4 Å². The van der Waals surface area contributed by atoms with Crippen LogP contribution in [-0.2, 0) is 22.4 Å². The van der Waals surface area contributed by atoms with Crippen LogP contribution in [0.4, 0.5) is 15.4 Å². The van der Waals surface area contributed by atoms with E-state index in [2.05, 4.69) is 25.6 Å². The predicted molar refractivity (Wildman–Crippen MR) is 141 cm³/mol. The molecule has 5 N–H and O–H groups in total. The predicted octanol–water partition coefficient (Wildman–Crippen LogP) is 2.63. The van der Waals surface area contributed by atoms with Crippen molar-refractivity contribution in [1.82, 2.24) is 30.5 Å². The van der Waals surface area contributed by atoms with Crippen LogP contribution in [-0.4, -0.2) is 75.9 Å². The molecular weight excluding hydrogens is 494 g/mol. The van der Waals surface area contributed by atoms with Gasteiger partial charge in [0.15, 0.2) is 0 Å². The number of rotatable bonds is 10. The summed E-state index contributed by atoms with van der Waals surface area (Å²) in [6.45, 7) is 11.1. The first-order valence-electron chi connectivity index (χ1n) is 12.2. The number of aromatic amines is 1. The summed E-state index contributed by atoms with van der Waals surface area (Å²) in [5.74, 6) is 0.358. The van der Waals surface area contributed by atoms with E-state index in [9.17, 15) is 14.4 Å². The molecule has 2 rings (SSSR count). The van der Waals surface area contributed by atoms with Crippen molar-refractivity contribution in [3.8, 4) is 5.75 Å². The molecule has 0 aromatic carbocycles. The van der Waals surface area contributed by atoms with E-state index in [-0.39, 0.29) is 25.3 Å². The minimum Gasteiger partial charge on any atom is -0.497 e. The molecule has 0 atom stereocenters. The molecule has 0 bridgehead atoms. The summed E-state index contributed by atoms with van der Waals surface area (Å²) < 4.78 is 16.1. The van der Waals surface area contributed by atoms with E-state index in [1.807, 2.05) is 0 Å². The number of aromatic nitrogens is 3. The van der Waals surface area contributed by atoms with E-state index in [1.54, 1.807) is 47.6 Å². The lowest BCUT2D eigenvalue weighted by Crippen LogP contribution is -2.42. The number of pyridine rings is 1. The van der Waals surface area contributed by atoms with Crippen molar-refractivity contribution >= 4 is 23.9 Å². The number of nitrogens with one attached hydrogen (secondary N) is 3. The fourth-order valence-electron chi connectivity index (χ4n) is 3.16. The van der Waals surface area contributed by atoms with Crippen molar-refractivity contribution in [3.63, 3.8) is 0 Å². The van der Waals surface area contributed by atoms with E-state index in [0.29, 0.717) is 30.2 Å². The Bertz CT molecular complexity index is 1100. The molecule has 0 aliphatic heterocycles. The van der Waals surface area contributed by atoms with Gasteiger partial charge in [-0.25, -0.2) is 19.6 Å². The van der Waals surface area contributed by atoms with Gasteiger partial charge in [-0.1, -0.05) is 0 Å². The molecule has 0 spiro atoms. The quantitative estimate of drug-likeness (QED) is 0.358. The standard InChI is InChI=1S/C25H39N7O6/c1-24(2,3)37-22(34)28-10-11-32(23(35)38-25(4,5)6)14-16-12-17(36-7)13-19(31-16)21(33)27-9-8-18-20(26)30-15-29-18/h12-13,15H,8-11,14,26H2,1-7H3,(H,27,33)(H,28,34)(H,29,30). The molecular formula is C25H39N7O6. The maximum absolute atomic E-state index is 12.9. The molecule has 3 amide bonds. The zero-order valence-electron chi connectivity index (χ0n) is 23.1. The van der Waals surface area contributed by atoms with Gasteiger partial charge < -0.3 is 40.5 Å². The van der Waals surface area contributed by atoms with E-state index in [4.69, 9.17) is 19.9 Å². The van der Waals surface area contributed by atoms with Gasteiger partial charge in [0.25, 0.3) is 5.91 Å². The smallest absolute Gasteiger partial charge is 0.410 e. The molecule has 2 aromatic heterocycles. The fraction of sp³-hybridized carbons (Fsp3) is 0.560. The Balaban J connectivity index is 2.13. The lowest BCUT2D eigenvalue weighted by molar-refractivity contribution is 0.0222. The van der Waals surface area contributed by atoms with Gasteiger partial charge in [-0.15, -0.1) is 0 Å². The highest BCUT2D eigenvalue weighted by molar-refractivity contribution is 5.92. The third kappa shape index (κ3) is 10.5. The van der Waals surface area contributed by atoms with Crippen LogP contribution in [0.25, 0.3) is 0 Å². The zero-order chi connectivity index (χ0) is 28.5. The Labute approximate surface area is 222 Å². The highest BCUT2D eigenvalue weighted by atomic mass is 16.6.